The second-order valence-corrected chi connectivity index (χ2v) is 13.2. The predicted molar refractivity (Wildman–Crippen MR) is 145 cm³/mol. The molecule has 0 spiro atoms. The Morgan fingerprint density at radius 3 is 2.24 bits per heavy atom. The van der Waals surface area contributed by atoms with Gasteiger partial charge >= 0.3 is 0 Å². The van der Waals surface area contributed by atoms with E-state index in [9.17, 15) is 0 Å². The largest absolute Gasteiger partial charge is 0.206 e. The smallest absolute Gasteiger partial charge is 0.131 e. The van der Waals surface area contributed by atoms with E-state index < -0.39 is 0 Å². The molecule has 0 unspecified atom stereocenters. The van der Waals surface area contributed by atoms with Crippen LogP contribution in [0.3, 0.4) is 0 Å². The van der Waals surface area contributed by atoms with Gasteiger partial charge in [0, 0.05) is 15.1 Å². The minimum absolute atomic E-state index is 0.0442. The van der Waals surface area contributed by atoms with Gasteiger partial charge in [0.25, 0.3) is 0 Å². The van der Waals surface area contributed by atoms with E-state index in [2.05, 4.69) is 44.2 Å². The Labute approximate surface area is 204 Å². The summed E-state index contributed by atoms with van der Waals surface area (Å²) in [6.45, 7) is 4.60. The van der Waals surface area contributed by atoms with Crippen LogP contribution in [0.25, 0.3) is 11.1 Å². The van der Waals surface area contributed by atoms with Crippen molar-refractivity contribution in [3.8, 4) is 11.1 Å². The fourth-order valence-corrected chi connectivity index (χ4v) is 9.09. The van der Waals surface area contributed by atoms with Gasteiger partial charge in [0.1, 0.15) is 5.82 Å². The molecular weight excluding hydrogens is 419 g/mol. The van der Waals surface area contributed by atoms with E-state index in [1.54, 1.807) is 0 Å². The van der Waals surface area contributed by atoms with Crippen molar-refractivity contribution in [1.82, 2.24) is 0 Å². The van der Waals surface area contributed by atoms with E-state index in [0.717, 1.165) is 17.0 Å². The molecule has 1 heterocycles. The molecule has 1 aliphatic carbocycles. The van der Waals surface area contributed by atoms with Crippen LogP contribution in [0, 0.1) is 11.7 Å². The highest BCUT2D eigenvalue weighted by molar-refractivity contribution is 6.35. The lowest BCUT2D eigenvalue weighted by atomic mass is 9.72. The Morgan fingerprint density at radius 2 is 1.61 bits per heavy atom. The first-order chi connectivity index (χ1) is 16.1. The van der Waals surface area contributed by atoms with Crippen LogP contribution in [0.15, 0.2) is 42.5 Å². The lowest BCUT2D eigenvalue weighted by Gasteiger charge is -2.38. The molecule has 0 N–H and O–H groups in total. The average molecular weight is 465 g/mol. The molecule has 2 aliphatic rings. The van der Waals surface area contributed by atoms with Crippen molar-refractivity contribution in [2.24, 2.45) is 5.92 Å². The Kier molecular flexibility index (Phi) is 8.85. The summed E-state index contributed by atoms with van der Waals surface area (Å²) in [5.74, 6) is 1.40. The molecule has 2 fully saturated rings. The Morgan fingerprint density at radius 1 is 0.879 bits per heavy atom. The number of halogens is 1. The predicted octanol–water partition coefficient (Wildman–Crippen LogP) is 9.18. The van der Waals surface area contributed by atoms with Crippen molar-refractivity contribution in [2.45, 2.75) is 114 Å². The van der Waals surface area contributed by atoms with E-state index in [4.69, 9.17) is 0 Å². The lowest BCUT2D eigenvalue weighted by molar-refractivity contribution is 0.302. The SMILES string of the molecule is CCCCC[C@H]1CC[C@H](c2ccc(-c3ccc(C4(CCC)CC[SiH2]CC4)cc3)c(F)c2)CC1. The molecule has 1 saturated heterocycles. The van der Waals surface area contributed by atoms with Crippen LogP contribution in [-0.2, 0) is 5.41 Å². The second-order valence-electron chi connectivity index (χ2n) is 11.1. The number of benzene rings is 2. The quantitative estimate of drug-likeness (QED) is 0.256. The number of hydrogen-bond acceptors (Lipinski definition) is 0. The number of unbranched alkanes of at least 4 members (excludes halogenated alkanes) is 2. The minimum atomic E-state index is -0.0442. The molecular formula is C31H45FSi. The van der Waals surface area contributed by atoms with Crippen molar-refractivity contribution < 1.29 is 4.39 Å². The summed E-state index contributed by atoms with van der Waals surface area (Å²) in [6.07, 6.45) is 15.8. The van der Waals surface area contributed by atoms with Crippen LogP contribution in [0.1, 0.15) is 108 Å². The van der Waals surface area contributed by atoms with E-state index >= 15 is 4.39 Å². The van der Waals surface area contributed by atoms with Gasteiger partial charge in [-0.1, -0.05) is 94.4 Å². The van der Waals surface area contributed by atoms with Gasteiger partial charge in [0.15, 0.2) is 0 Å². The highest BCUT2D eigenvalue weighted by Gasteiger charge is 2.33. The summed E-state index contributed by atoms with van der Waals surface area (Å²) in [6, 6.07) is 18.0. The molecule has 2 aromatic rings. The molecule has 33 heavy (non-hydrogen) atoms. The zero-order valence-corrected chi connectivity index (χ0v) is 22.6. The van der Waals surface area contributed by atoms with Gasteiger partial charge in [-0.15, -0.1) is 0 Å². The van der Waals surface area contributed by atoms with Gasteiger partial charge in [-0.25, -0.2) is 4.39 Å². The van der Waals surface area contributed by atoms with Crippen LogP contribution in [0.4, 0.5) is 4.39 Å². The maximum Gasteiger partial charge on any atom is 0.131 e. The third kappa shape index (κ3) is 5.99. The van der Waals surface area contributed by atoms with Gasteiger partial charge in [0.2, 0.25) is 0 Å². The first-order valence-electron chi connectivity index (χ1n) is 14.1. The molecule has 0 aromatic heterocycles. The molecule has 1 saturated carbocycles. The van der Waals surface area contributed by atoms with Crippen molar-refractivity contribution in [3.05, 3.63) is 59.4 Å². The van der Waals surface area contributed by atoms with Crippen molar-refractivity contribution in [2.75, 3.05) is 0 Å². The molecule has 2 heteroatoms. The first kappa shape index (κ1) is 24.7. The Bertz CT molecular complexity index is 851. The molecule has 180 valence electrons. The maximum atomic E-state index is 15.2. The molecule has 0 radical (unpaired) electrons. The highest BCUT2D eigenvalue weighted by atomic mass is 28.2. The normalized spacial score (nSPS) is 26.5. The summed E-state index contributed by atoms with van der Waals surface area (Å²) < 4.78 is 15.2. The zero-order valence-electron chi connectivity index (χ0n) is 21.2. The molecule has 0 nitrogen and oxygen atoms in total. The van der Waals surface area contributed by atoms with Crippen LogP contribution >= 0.6 is 0 Å². The standard InChI is InChI=1S/C31H45FSi/c1-3-5-6-7-24-8-10-25(11-9-24)27-14-17-29(30(32)23-27)26-12-15-28(16-13-26)31(18-4-2)19-21-33-22-20-31/h12-17,23-25H,3-11,18-22,33H2,1-2H3/t24-,25-. The molecule has 0 amide bonds. The molecule has 2 aromatic carbocycles. The maximum absolute atomic E-state index is 15.2. The first-order valence-corrected chi connectivity index (χ1v) is 16.1. The topological polar surface area (TPSA) is 0 Å². The van der Waals surface area contributed by atoms with E-state index in [1.165, 1.54) is 100 Å². The van der Waals surface area contributed by atoms with E-state index in [-0.39, 0.29) is 15.3 Å². The van der Waals surface area contributed by atoms with Crippen LogP contribution in [0.5, 0.6) is 0 Å². The number of rotatable bonds is 9. The Balaban J connectivity index is 1.42. The monoisotopic (exact) mass is 464 g/mol. The van der Waals surface area contributed by atoms with Gasteiger partial charge in [-0.2, -0.15) is 0 Å². The third-order valence-electron chi connectivity index (χ3n) is 8.87. The average Bonchev–Trinajstić information content (AvgIpc) is 2.85. The highest BCUT2D eigenvalue weighted by Crippen LogP contribution is 2.43. The van der Waals surface area contributed by atoms with Gasteiger partial charge in [0.05, 0.1) is 0 Å². The fraction of sp³-hybridized carbons (Fsp3) is 0.613. The second kappa shape index (κ2) is 11.8. The molecule has 0 atom stereocenters. The van der Waals surface area contributed by atoms with Gasteiger partial charge in [-0.3, -0.25) is 0 Å². The zero-order chi connectivity index (χ0) is 23.1. The summed E-state index contributed by atoms with van der Waals surface area (Å²) in [7, 11) is 0.192. The summed E-state index contributed by atoms with van der Waals surface area (Å²) in [5.41, 5.74) is 4.89. The van der Waals surface area contributed by atoms with Crippen LogP contribution < -0.4 is 0 Å². The summed E-state index contributed by atoms with van der Waals surface area (Å²) in [5, 5.41) is 0. The van der Waals surface area contributed by atoms with Crippen molar-refractivity contribution in [3.63, 3.8) is 0 Å². The molecule has 1 aliphatic heterocycles. The lowest BCUT2D eigenvalue weighted by Crippen LogP contribution is -2.30. The van der Waals surface area contributed by atoms with Gasteiger partial charge in [-0.05, 0) is 85.0 Å². The van der Waals surface area contributed by atoms with Gasteiger partial charge < -0.3 is 0 Å². The summed E-state index contributed by atoms with van der Waals surface area (Å²) >= 11 is 0. The fourth-order valence-electron chi connectivity index (χ4n) is 6.88. The van der Waals surface area contributed by atoms with E-state index in [0.29, 0.717) is 11.3 Å². The summed E-state index contributed by atoms with van der Waals surface area (Å²) in [4.78, 5) is 0. The van der Waals surface area contributed by atoms with Crippen LogP contribution in [-0.4, -0.2) is 9.52 Å². The molecule has 0 bridgehead atoms. The minimum Gasteiger partial charge on any atom is -0.206 e. The molecule has 4 rings (SSSR count). The van der Waals surface area contributed by atoms with Crippen molar-refractivity contribution in [1.29, 1.82) is 0 Å². The Hall–Kier alpha value is -1.41. The van der Waals surface area contributed by atoms with Crippen molar-refractivity contribution >= 4 is 9.52 Å². The third-order valence-corrected chi connectivity index (χ3v) is 10.6. The number of hydrogen-bond donors (Lipinski definition) is 0. The van der Waals surface area contributed by atoms with E-state index in [1.807, 2.05) is 12.1 Å². The van der Waals surface area contributed by atoms with Crippen LogP contribution in [0.2, 0.25) is 12.1 Å².